The fourth-order valence-corrected chi connectivity index (χ4v) is 1.80. The van der Waals surface area contributed by atoms with Gasteiger partial charge in [0.15, 0.2) is 0 Å². The number of rotatable bonds is 2. The van der Waals surface area contributed by atoms with Gasteiger partial charge in [-0.1, -0.05) is 31.2 Å². The quantitative estimate of drug-likeness (QED) is 0.708. The van der Waals surface area contributed by atoms with Crippen molar-refractivity contribution in [3.8, 4) is 0 Å². The van der Waals surface area contributed by atoms with E-state index in [1.54, 1.807) is 7.05 Å². The van der Waals surface area contributed by atoms with Crippen LogP contribution in [0.25, 0.3) is 0 Å². The first kappa shape index (κ1) is 12.8. The third-order valence-electron chi connectivity index (χ3n) is 2.74. The summed E-state index contributed by atoms with van der Waals surface area (Å²) in [6, 6.07) is 0.474. The zero-order valence-electron chi connectivity index (χ0n) is 10.5. The van der Waals surface area contributed by atoms with Crippen molar-refractivity contribution in [2.45, 2.75) is 32.7 Å². The van der Waals surface area contributed by atoms with Gasteiger partial charge in [0.25, 0.3) is 0 Å². The van der Waals surface area contributed by atoms with Gasteiger partial charge in [0.1, 0.15) is 0 Å². The molecule has 2 atom stereocenters. The maximum absolute atomic E-state index is 4.02. The van der Waals surface area contributed by atoms with Crippen molar-refractivity contribution in [3.05, 3.63) is 36.1 Å². The lowest BCUT2D eigenvalue weighted by Gasteiger charge is -2.21. The molecule has 16 heavy (non-hydrogen) atoms. The van der Waals surface area contributed by atoms with Gasteiger partial charge < -0.3 is 5.32 Å². The standard InChI is InChI=1S/C14H22N2/c1-4-13-9-7-5-6-8-12(2)16-14(13)10-11-15-3/h5-7,9-13,16H,4,8H2,1-3H3/b6-5-,9-7-,14-10?,15-11?. The average molecular weight is 218 g/mol. The van der Waals surface area contributed by atoms with E-state index in [0.717, 1.165) is 12.8 Å². The van der Waals surface area contributed by atoms with E-state index in [1.807, 2.05) is 6.21 Å². The van der Waals surface area contributed by atoms with Gasteiger partial charge in [0.05, 0.1) is 0 Å². The predicted octanol–water partition coefficient (Wildman–Crippen LogP) is 3.09. The van der Waals surface area contributed by atoms with Crippen LogP contribution in [0.2, 0.25) is 0 Å². The molecule has 88 valence electrons. The highest BCUT2D eigenvalue weighted by Gasteiger charge is 2.11. The molecule has 1 aliphatic heterocycles. The molecule has 1 aliphatic rings. The number of hydrogen-bond donors (Lipinski definition) is 1. The Morgan fingerprint density at radius 2 is 2.31 bits per heavy atom. The summed E-state index contributed by atoms with van der Waals surface area (Å²) in [6.07, 6.45) is 14.8. The second kappa shape index (κ2) is 7.04. The van der Waals surface area contributed by atoms with Gasteiger partial charge in [0.2, 0.25) is 0 Å². The molecule has 0 aromatic rings. The maximum Gasteiger partial charge on any atom is 0.0277 e. The Kier molecular flexibility index (Phi) is 5.62. The molecular formula is C14H22N2. The highest BCUT2D eigenvalue weighted by atomic mass is 14.9. The van der Waals surface area contributed by atoms with Gasteiger partial charge in [0, 0.05) is 30.9 Å². The SMILES string of the molecule is CCC1/C=C\C=C/CC(C)NC1=CC=NC. The minimum absolute atomic E-state index is 0.461. The summed E-state index contributed by atoms with van der Waals surface area (Å²) in [5, 5.41) is 3.56. The number of hydrogen-bond acceptors (Lipinski definition) is 2. The van der Waals surface area contributed by atoms with E-state index >= 15 is 0 Å². The number of allylic oxidation sites excluding steroid dienone is 4. The lowest BCUT2D eigenvalue weighted by molar-refractivity contribution is 0.559. The molecule has 0 aliphatic carbocycles. The molecule has 1 rings (SSSR count). The lowest BCUT2D eigenvalue weighted by atomic mass is 10.0. The first-order valence-electron chi connectivity index (χ1n) is 6.00. The fourth-order valence-electron chi connectivity index (χ4n) is 1.80. The Hall–Kier alpha value is -1.31. The fraction of sp³-hybridized carbons (Fsp3) is 0.500. The van der Waals surface area contributed by atoms with Gasteiger partial charge in [-0.05, 0) is 25.8 Å². The topological polar surface area (TPSA) is 24.4 Å². The van der Waals surface area contributed by atoms with Crippen LogP contribution in [-0.4, -0.2) is 19.3 Å². The molecule has 0 spiro atoms. The van der Waals surface area contributed by atoms with Crippen molar-refractivity contribution in [2.24, 2.45) is 10.9 Å². The molecule has 0 bridgehead atoms. The van der Waals surface area contributed by atoms with E-state index in [0.29, 0.717) is 12.0 Å². The van der Waals surface area contributed by atoms with Crippen LogP contribution in [-0.2, 0) is 0 Å². The van der Waals surface area contributed by atoms with Crippen LogP contribution >= 0.6 is 0 Å². The lowest BCUT2D eigenvalue weighted by Crippen LogP contribution is -2.28. The van der Waals surface area contributed by atoms with Crippen molar-refractivity contribution in [1.82, 2.24) is 5.32 Å². The highest BCUT2D eigenvalue weighted by Crippen LogP contribution is 2.16. The zero-order valence-corrected chi connectivity index (χ0v) is 10.5. The molecule has 0 fully saturated rings. The average Bonchev–Trinajstić information content (AvgIpc) is 2.37. The number of nitrogens with zero attached hydrogens (tertiary/aromatic N) is 1. The summed E-state index contributed by atoms with van der Waals surface area (Å²) in [4.78, 5) is 4.02. The molecular weight excluding hydrogens is 196 g/mol. The molecule has 0 aromatic carbocycles. The van der Waals surface area contributed by atoms with Crippen molar-refractivity contribution >= 4 is 6.21 Å². The Morgan fingerprint density at radius 1 is 1.50 bits per heavy atom. The van der Waals surface area contributed by atoms with Crippen LogP contribution in [0.3, 0.4) is 0 Å². The third kappa shape index (κ3) is 4.05. The van der Waals surface area contributed by atoms with Gasteiger partial charge in [-0.3, -0.25) is 4.99 Å². The van der Waals surface area contributed by atoms with Gasteiger partial charge in [-0.2, -0.15) is 0 Å². The molecule has 1 heterocycles. The van der Waals surface area contributed by atoms with E-state index in [1.165, 1.54) is 5.70 Å². The third-order valence-corrected chi connectivity index (χ3v) is 2.74. The molecule has 0 amide bonds. The summed E-state index contributed by atoms with van der Waals surface area (Å²) in [5.41, 5.74) is 1.26. The molecule has 0 radical (unpaired) electrons. The summed E-state index contributed by atoms with van der Waals surface area (Å²) in [7, 11) is 1.80. The van der Waals surface area contributed by atoms with E-state index in [-0.39, 0.29) is 0 Å². The van der Waals surface area contributed by atoms with Crippen LogP contribution in [0.15, 0.2) is 41.1 Å². The number of aliphatic imine (C=N–C) groups is 1. The number of nitrogens with one attached hydrogen (secondary N) is 1. The molecule has 2 nitrogen and oxygen atoms in total. The molecule has 0 saturated heterocycles. The van der Waals surface area contributed by atoms with Gasteiger partial charge >= 0.3 is 0 Å². The summed E-state index contributed by atoms with van der Waals surface area (Å²) in [6.45, 7) is 4.42. The van der Waals surface area contributed by atoms with Crippen LogP contribution in [0.1, 0.15) is 26.7 Å². The normalized spacial score (nSPS) is 32.8. The van der Waals surface area contributed by atoms with E-state index in [4.69, 9.17) is 0 Å². The molecule has 1 N–H and O–H groups in total. The molecule has 0 saturated carbocycles. The first-order chi connectivity index (χ1) is 7.77. The van der Waals surface area contributed by atoms with E-state index in [9.17, 15) is 0 Å². The molecule has 2 heteroatoms. The Bertz CT molecular complexity index is 311. The van der Waals surface area contributed by atoms with Crippen molar-refractivity contribution in [2.75, 3.05) is 7.05 Å². The van der Waals surface area contributed by atoms with E-state index < -0.39 is 0 Å². The Balaban J connectivity index is 2.89. The van der Waals surface area contributed by atoms with Gasteiger partial charge in [-0.25, -0.2) is 0 Å². The maximum atomic E-state index is 4.02. The molecule has 2 unspecified atom stereocenters. The van der Waals surface area contributed by atoms with Crippen LogP contribution in [0.4, 0.5) is 0 Å². The van der Waals surface area contributed by atoms with Crippen molar-refractivity contribution in [1.29, 1.82) is 0 Å². The van der Waals surface area contributed by atoms with Crippen LogP contribution < -0.4 is 5.32 Å². The second-order valence-electron chi connectivity index (χ2n) is 4.14. The van der Waals surface area contributed by atoms with Crippen LogP contribution in [0, 0.1) is 5.92 Å². The van der Waals surface area contributed by atoms with Crippen LogP contribution in [0.5, 0.6) is 0 Å². The van der Waals surface area contributed by atoms with E-state index in [2.05, 4.69) is 54.5 Å². The zero-order chi connectivity index (χ0) is 11.8. The Labute approximate surface area is 98.9 Å². The predicted molar refractivity (Wildman–Crippen MR) is 71.8 cm³/mol. The molecule has 0 aromatic heterocycles. The smallest absolute Gasteiger partial charge is 0.0277 e. The largest absolute Gasteiger partial charge is 0.385 e. The van der Waals surface area contributed by atoms with Gasteiger partial charge in [-0.15, -0.1) is 0 Å². The van der Waals surface area contributed by atoms with Crippen molar-refractivity contribution < 1.29 is 0 Å². The second-order valence-corrected chi connectivity index (χ2v) is 4.14. The summed E-state index contributed by atoms with van der Waals surface area (Å²) < 4.78 is 0. The summed E-state index contributed by atoms with van der Waals surface area (Å²) in [5.74, 6) is 0.461. The summed E-state index contributed by atoms with van der Waals surface area (Å²) >= 11 is 0. The minimum Gasteiger partial charge on any atom is -0.385 e. The Morgan fingerprint density at radius 3 is 3.00 bits per heavy atom. The minimum atomic E-state index is 0.461. The first-order valence-corrected chi connectivity index (χ1v) is 6.00. The highest BCUT2D eigenvalue weighted by molar-refractivity contribution is 5.72. The monoisotopic (exact) mass is 218 g/mol. The van der Waals surface area contributed by atoms with Crippen molar-refractivity contribution in [3.63, 3.8) is 0 Å².